The van der Waals surface area contributed by atoms with Gasteiger partial charge in [-0.2, -0.15) is 5.10 Å². The first-order valence-corrected chi connectivity index (χ1v) is 8.52. The lowest BCUT2D eigenvalue weighted by Crippen LogP contribution is -2.42. The minimum Gasteiger partial charge on any atom is -0.481 e. The van der Waals surface area contributed by atoms with E-state index in [0.717, 1.165) is 17.1 Å². The van der Waals surface area contributed by atoms with Crippen molar-refractivity contribution in [2.45, 2.75) is 6.42 Å². The van der Waals surface area contributed by atoms with E-state index in [1.54, 1.807) is 11.3 Å². The molecular formula is C16H20N4O2S. The molecule has 0 saturated carbocycles. The summed E-state index contributed by atoms with van der Waals surface area (Å²) in [7, 11) is 0. The molecule has 23 heavy (non-hydrogen) atoms. The predicted molar refractivity (Wildman–Crippen MR) is 91.3 cm³/mol. The predicted octanol–water partition coefficient (Wildman–Crippen LogP) is 1.77. The van der Waals surface area contributed by atoms with Gasteiger partial charge in [0.2, 0.25) is 0 Å². The fraction of sp³-hybridized carbons (Fsp3) is 0.375. The molecule has 1 aliphatic heterocycles. The minimum absolute atomic E-state index is 0.286. The van der Waals surface area contributed by atoms with Crippen LogP contribution in [-0.4, -0.2) is 41.5 Å². The lowest BCUT2D eigenvalue weighted by Gasteiger charge is -2.27. The highest BCUT2D eigenvalue weighted by Gasteiger charge is 2.26. The third-order valence-electron chi connectivity index (χ3n) is 4.00. The van der Waals surface area contributed by atoms with Crippen LogP contribution in [0.1, 0.15) is 11.3 Å². The lowest BCUT2D eigenvalue weighted by atomic mass is 9.91. The van der Waals surface area contributed by atoms with E-state index < -0.39 is 5.97 Å². The van der Waals surface area contributed by atoms with E-state index in [1.807, 2.05) is 36.1 Å². The van der Waals surface area contributed by atoms with Crippen LogP contribution in [-0.2, 0) is 4.79 Å². The molecule has 1 fully saturated rings. The lowest BCUT2D eigenvalue weighted by molar-refractivity contribution is -0.142. The molecular weight excluding hydrogens is 312 g/mol. The van der Waals surface area contributed by atoms with Crippen molar-refractivity contribution in [3.05, 3.63) is 40.8 Å². The van der Waals surface area contributed by atoms with E-state index in [9.17, 15) is 4.79 Å². The van der Waals surface area contributed by atoms with Gasteiger partial charge in [0.15, 0.2) is 0 Å². The molecule has 0 aromatic carbocycles. The van der Waals surface area contributed by atoms with E-state index in [0.29, 0.717) is 19.5 Å². The van der Waals surface area contributed by atoms with Gasteiger partial charge in [0.05, 0.1) is 22.7 Å². The number of piperidine rings is 1. The number of carboxylic acid groups (broad SMARTS) is 1. The molecule has 6 nitrogen and oxygen atoms in total. The maximum Gasteiger partial charge on any atom is 0.307 e. The zero-order valence-electron chi connectivity index (χ0n) is 12.7. The van der Waals surface area contributed by atoms with Crippen molar-refractivity contribution in [3.63, 3.8) is 0 Å². The van der Waals surface area contributed by atoms with E-state index in [2.05, 4.69) is 26.5 Å². The molecule has 122 valence electrons. The van der Waals surface area contributed by atoms with Crippen LogP contribution in [0.15, 0.2) is 41.1 Å². The first-order chi connectivity index (χ1) is 11.2. The van der Waals surface area contributed by atoms with Gasteiger partial charge in [-0.3, -0.25) is 4.79 Å². The van der Waals surface area contributed by atoms with Crippen molar-refractivity contribution < 1.29 is 9.90 Å². The molecule has 2 atom stereocenters. The highest BCUT2D eigenvalue weighted by molar-refractivity contribution is 7.12. The summed E-state index contributed by atoms with van der Waals surface area (Å²) in [6.07, 6.45) is 6.53. The van der Waals surface area contributed by atoms with Gasteiger partial charge in [-0.1, -0.05) is 0 Å². The third-order valence-corrected chi connectivity index (χ3v) is 4.84. The fourth-order valence-corrected chi connectivity index (χ4v) is 3.53. The van der Waals surface area contributed by atoms with Crippen LogP contribution in [0.4, 0.5) is 0 Å². The zero-order valence-corrected chi connectivity index (χ0v) is 13.5. The number of nitrogens with one attached hydrogen (secondary N) is 2. The average Bonchev–Trinajstić information content (AvgIpc) is 3.22. The number of aliphatic carboxylic acids is 1. The molecule has 7 heteroatoms. The Labute approximate surface area is 138 Å². The van der Waals surface area contributed by atoms with E-state index in [-0.39, 0.29) is 11.8 Å². The van der Waals surface area contributed by atoms with Crippen LogP contribution in [0.5, 0.6) is 0 Å². The van der Waals surface area contributed by atoms with Crippen molar-refractivity contribution in [3.8, 4) is 5.69 Å². The molecule has 2 aromatic heterocycles. The second-order valence-corrected chi connectivity index (χ2v) is 6.62. The van der Waals surface area contributed by atoms with E-state index in [4.69, 9.17) is 5.11 Å². The second-order valence-electron chi connectivity index (χ2n) is 5.68. The van der Waals surface area contributed by atoms with Crippen LogP contribution in [0.25, 0.3) is 5.69 Å². The topological polar surface area (TPSA) is 78.7 Å². The monoisotopic (exact) mass is 332 g/mol. The van der Waals surface area contributed by atoms with Gasteiger partial charge >= 0.3 is 5.97 Å². The first kappa shape index (κ1) is 15.8. The molecule has 0 amide bonds. The van der Waals surface area contributed by atoms with Crippen LogP contribution < -0.4 is 10.7 Å². The minimum atomic E-state index is -0.722. The van der Waals surface area contributed by atoms with E-state index in [1.165, 1.54) is 0 Å². The number of hydrogen-bond acceptors (Lipinski definition) is 5. The number of rotatable bonds is 6. The van der Waals surface area contributed by atoms with Crippen molar-refractivity contribution in [2.75, 3.05) is 19.6 Å². The normalized spacial score (nSPS) is 21.6. The van der Waals surface area contributed by atoms with Crippen LogP contribution in [0.2, 0.25) is 0 Å². The first-order valence-electron chi connectivity index (χ1n) is 7.64. The van der Waals surface area contributed by atoms with Gasteiger partial charge in [-0.15, -0.1) is 11.3 Å². The maximum absolute atomic E-state index is 11.0. The number of hydrogen-bond donors (Lipinski definition) is 3. The Morgan fingerprint density at radius 1 is 1.48 bits per heavy atom. The highest BCUT2D eigenvalue weighted by atomic mass is 32.1. The maximum atomic E-state index is 11.0. The number of thiophene rings is 1. The van der Waals surface area contributed by atoms with Gasteiger partial charge in [0, 0.05) is 25.5 Å². The van der Waals surface area contributed by atoms with Crippen molar-refractivity contribution in [1.82, 2.24) is 15.3 Å². The van der Waals surface area contributed by atoms with Crippen molar-refractivity contribution in [2.24, 2.45) is 16.9 Å². The Balaban J connectivity index is 1.52. The van der Waals surface area contributed by atoms with Gasteiger partial charge in [-0.25, -0.2) is 0 Å². The molecule has 0 bridgehead atoms. The Bertz CT molecular complexity index is 665. The summed E-state index contributed by atoms with van der Waals surface area (Å²) in [5, 5.41) is 18.6. The summed E-state index contributed by atoms with van der Waals surface area (Å²) in [5.74, 6) is -0.730. The Morgan fingerprint density at radius 3 is 3.09 bits per heavy atom. The molecule has 0 radical (unpaired) electrons. The van der Waals surface area contributed by atoms with Gasteiger partial charge in [0.1, 0.15) is 0 Å². The number of nitrogens with zero attached hydrogens (tertiary/aromatic N) is 2. The molecule has 1 saturated heterocycles. The molecule has 3 rings (SSSR count). The van der Waals surface area contributed by atoms with Crippen LogP contribution >= 0.6 is 11.3 Å². The number of carboxylic acids is 1. The third kappa shape index (κ3) is 4.00. The summed E-state index contributed by atoms with van der Waals surface area (Å²) >= 11 is 1.64. The van der Waals surface area contributed by atoms with Crippen LogP contribution in [0.3, 0.4) is 0 Å². The molecule has 3 N–H and O–H groups in total. The summed E-state index contributed by atoms with van der Waals surface area (Å²) < 4.78 is 2.06. The standard InChI is InChI=1S/C16H20N4O2S/c21-16(22)13-7-12(8-17-10-13)9-18-19-11-15-14(3-6-23-15)20-4-1-2-5-20/h1-6,11-13,17-18H,7-10H2,(H,21,22)/b19-11+/t12-,13+/m0/s1. The Hall–Kier alpha value is -2.12. The SMILES string of the molecule is O=C(O)[C@H]1CNC[C@@H](CN/N=C/c2sccc2-n2cccc2)C1. The molecule has 1 aliphatic rings. The Kier molecular flexibility index (Phi) is 5.09. The van der Waals surface area contributed by atoms with Gasteiger partial charge in [0.25, 0.3) is 0 Å². The second kappa shape index (κ2) is 7.43. The number of carbonyl (C=O) groups is 1. The molecule has 2 aromatic rings. The summed E-state index contributed by atoms with van der Waals surface area (Å²) in [5.41, 5.74) is 4.17. The Morgan fingerprint density at radius 2 is 2.30 bits per heavy atom. The summed E-state index contributed by atoms with van der Waals surface area (Å²) in [4.78, 5) is 12.1. The van der Waals surface area contributed by atoms with Crippen LogP contribution in [0, 0.1) is 11.8 Å². The highest BCUT2D eigenvalue weighted by Crippen LogP contribution is 2.19. The average molecular weight is 332 g/mol. The van der Waals surface area contributed by atoms with Gasteiger partial charge < -0.3 is 20.4 Å². The van der Waals surface area contributed by atoms with E-state index >= 15 is 0 Å². The van der Waals surface area contributed by atoms with Crippen molar-refractivity contribution >= 4 is 23.5 Å². The molecule has 0 spiro atoms. The molecule has 3 heterocycles. The zero-order chi connectivity index (χ0) is 16.1. The largest absolute Gasteiger partial charge is 0.481 e. The van der Waals surface area contributed by atoms with Gasteiger partial charge in [-0.05, 0) is 42.5 Å². The molecule has 0 aliphatic carbocycles. The molecule has 0 unspecified atom stereocenters. The fourth-order valence-electron chi connectivity index (χ4n) is 2.78. The van der Waals surface area contributed by atoms with Crippen molar-refractivity contribution in [1.29, 1.82) is 0 Å². The summed E-state index contributed by atoms with van der Waals surface area (Å²) in [6.45, 7) is 2.07. The smallest absolute Gasteiger partial charge is 0.307 e. The summed E-state index contributed by atoms with van der Waals surface area (Å²) in [6, 6.07) is 6.05. The quantitative estimate of drug-likeness (QED) is 0.556. The number of hydrazone groups is 1. The number of aromatic nitrogens is 1.